The first-order valence-electron chi connectivity index (χ1n) is 9.44. The first-order valence-corrected chi connectivity index (χ1v) is 9.44. The molecule has 0 aromatic heterocycles. The number of aryl methyl sites for hydroxylation is 1. The second-order valence-corrected chi connectivity index (χ2v) is 8.03. The highest BCUT2D eigenvalue weighted by Gasteiger charge is 2.49. The molecule has 0 unspecified atom stereocenters. The number of hydrogen-bond acceptors (Lipinski definition) is 4. The molecule has 3 fully saturated rings. The second-order valence-electron chi connectivity index (χ2n) is 8.03. The third kappa shape index (κ3) is 2.96. The van der Waals surface area contributed by atoms with Gasteiger partial charge in [-0.25, -0.2) is 0 Å². The topological polar surface area (TPSA) is 35.9 Å². The maximum Gasteiger partial charge on any atom is 0.0513 e. The van der Waals surface area contributed by atoms with Crippen molar-refractivity contribution in [2.75, 3.05) is 50.9 Å². The molecule has 132 valence electrons. The quantitative estimate of drug-likeness (QED) is 0.922. The molecule has 4 nitrogen and oxygen atoms in total. The lowest BCUT2D eigenvalue weighted by atomic mass is 9.75. The van der Waals surface area contributed by atoms with Crippen LogP contribution in [0.3, 0.4) is 0 Å². The predicted molar refractivity (Wildman–Crippen MR) is 96.4 cm³/mol. The molecule has 0 spiro atoms. The number of aliphatic hydroxyl groups is 1. The van der Waals surface area contributed by atoms with Gasteiger partial charge in [0.1, 0.15) is 0 Å². The minimum Gasteiger partial charge on any atom is -0.396 e. The molecular formula is C20H30N2O2. The van der Waals surface area contributed by atoms with Crippen LogP contribution in [-0.2, 0) is 4.74 Å². The Kier molecular flexibility index (Phi) is 4.54. The maximum absolute atomic E-state index is 9.99. The lowest BCUT2D eigenvalue weighted by Crippen LogP contribution is -2.45. The van der Waals surface area contributed by atoms with Crippen LogP contribution in [0.1, 0.15) is 24.8 Å². The van der Waals surface area contributed by atoms with Crippen molar-refractivity contribution >= 4 is 5.69 Å². The smallest absolute Gasteiger partial charge is 0.0513 e. The summed E-state index contributed by atoms with van der Waals surface area (Å²) in [6, 6.07) is 9.58. The third-order valence-electron chi connectivity index (χ3n) is 6.60. The van der Waals surface area contributed by atoms with Gasteiger partial charge in [-0.3, -0.25) is 4.90 Å². The monoisotopic (exact) mass is 330 g/mol. The number of ether oxygens (including phenoxy) is 1. The Morgan fingerprint density at radius 2 is 1.96 bits per heavy atom. The molecule has 3 aliphatic heterocycles. The highest BCUT2D eigenvalue weighted by molar-refractivity contribution is 5.47. The van der Waals surface area contributed by atoms with E-state index < -0.39 is 0 Å². The largest absolute Gasteiger partial charge is 0.396 e. The fraction of sp³-hybridized carbons (Fsp3) is 0.700. The van der Waals surface area contributed by atoms with E-state index in [9.17, 15) is 5.11 Å². The average molecular weight is 330 g/mol. The van der Waals surface area contributed by atoms with E-state index in [1.807, 2.05) is 0 Å². The van der Waals surface area contributed by atoms with Crippen LogP contribution < -0.4 is 4.90 Å². The molecule has 24 heavy (non-hydrogen) atoms. The molecule has 2 atom stereocenters. The minimum absolute atomic E-state index is 0.104. The summed E-state index contributed by atoms with van der Waals surface area (Å²) in [5.41, 5.74) is 2.78. The first-order chi connectivity index (χ1) is 11.7. The van der Waals surface area contributed by atoms with Gasteiger partial charge in [-0.1, -0.05) is 17.7 Å². The Labute approximate surface area is 145 Å². The zero-order valence-corrected chi connectivity index (χ0v) is 14.8. The molecule has 3 saturated heterocycles. The van der Waals surface area contributed by atoms with Crippen LogP contribution >= 0.6 is 0 Å². The van der Waals surface area contributed by atoms with Gasteiger partial charge in [0.2, 0.25) is 0 Å². The molecular weight excluding hydrogens is 300 g/mol. The highest BCUT2D eigenvalue weighted by Crippen LogP contribution is 2.43. The highest BCUT2D eigenvalue weighted by atomic mass is 16.5. The number of piperidine rings is 1. The molecule has 0 amide bonds. The standard InChI is InChI=1S/C20H30N2O2/c1-16-2-4-18(5-3-16)21-9-6-19(7-10-21)22-12-17-13-24-11-8-20(17,14-22)15-23/h2-5,17,19,23H,6-15H2,1H3/t17-,20-/m1/s1. The number of likely N-dealkylation sites (tertiary alicyclic amines) is 1. The Bertz CT molecular complexity index is 553. The van der Waals surface area contributed by atoms with E-state index in [1.165, 1.54) is 24.1 Å². The number of benzene rings is 1. The van der Waals surface area contributed by atoms with E-state index in [0.717, 1.165) is 45.8 Å². The molecule has 1 aromatic carbocycles. The average Bonchev–Trinajstić information content (AvgIpc) is 3.03. The number of hydrogen-bond donors (Lipinski definition) is 1. The predicted octanol–water partition coefficient (Wildman–Crippen LogP) is 2.29. The van der Waals surface area contributed by atoms with Gasteiger partial charge >= 0.3 is 0 Å². The molecule has 1 N–H and O–H groups in total. The van der Waals surface area contributed by atoms with Gasteiger partial charge in [0.05, 0.1) is 13.2 Å². The van der Waals surface area contributed by atoms with Crippen LogP contribution in [0.4, 0.5) is 5.69 Å². The van der Waals surface area contributed by atoms with Crippen LogP contribution in [0.2, 0.25) is 0 Å². The SMILES string of the molecule is Cc1ccc(N2CCC(N3C[C@@H]4COCC[C@]4(CO)C3)CC2)cc1. The van der Waals surface area contributed by atoms with Crippen LogP contribution in [-0.4, -0.2) is 62.0 Å². The van der Waals surface area contributed by atoms with E-state index in [1.54, 1.807) is 0 Å². The molecule has 0 radical (unpaired) electrons. The normalized spacial score (nSPS) is 32.1. The van der Waals surface area contributed by atoms with Crippen LogP contribution in [0.5, 0.6) is 0 Å². The van der Waals surface area contributed by atoms with Gasteiger partial charge in [0.15, 0.2) is 0 Å². The fourth-order valence-electron chi connectivity index (χ4n) is 4.87. The molecule has 4 heteroatoms. The Morgan fingerprint density at radius 3 is 2.62 bits per heavy atom. The number of rotatable bonds is 3. The van der Waals surface area contributed by atoms with Crippen molar-refractivity contribution < 1.29 is 9.84 Å². The van der Waals surface area contributed by atoms with Crippen molar-refractivity contribution in [1.29, 1.82) is 0 Å². The molecule has 3 heterocycles. The summed E-state index contributed by atoms with van der Waals surface area (Å²) in [4.78, 5) is 5.17. The zero-order chi connectivity index (χ0) is 16.6. The van der Waals surface area contributed by atoms with Gasteiger partial charge in [-0.2, -0.15) is 0 Å². The fourth-order valence-corrected chi connectivity index (χ4v) is 4.87. The summed E-state index contributed by atoms with van der Waals surface area (Å²) < 4.78 is 5.68. The third-order valence-corrected chi connectivity index (χ3v) is 6.60. The van der Waals surface area contributed by atoms with Crippen LogP contribution in [0.25, 0.3) is 0 Å². The van der Waals surface area contributed by atoms with Crippen LogP contribution in [0, 0.1) is 18.3 Å². The number of aliphatic hydroxyl groups excluding tert-OH is 1. The Balaban J connectivity index is 1.37. The van der Waals surface area contributed by atoms with E-state index in [0.29, 0.717) is 18.6 Å². The zero-order valence-electron chi connectivity index (χ0n) is 14.8. The van der Waals surface area contributed by atoms with Crippen molar-refractivity contribution in [3.8, 4) is 0 Å². The van der Waals surface area contributed by atoms with Crippen LogP contribution in [0.15, 0.2) is 24.3 Å². The van der Waals surface area contributed by atoms with E-state index in [-0.39, 0.29) is 5.41 Å². The Hall–Kier alpha value is -1.10. The van der Waals surface area contributed by atoms with Gasteiger partial charge in [-0.15, -0.1) is 0 Å². The van der Waals surface area contributed by atoms with Gasteiger partial charge in [0.25, 0.3) is 0 Å². The van der Waals surface area contributed by atoms with E-state index in [4.69, 9.17) is 4.74 Å². The second kappa shape index (κ2) is 6.66. The summed E-state index contributed by atoms with van der Waals surface area (Å²) in [7, 11) is 0. The molecule has 0 saturated carbocycles. The van der Waals surface area contributed by atoms with Crippen molar-refractivity contribution in [3.05, 3.63) is 29.8 Å². The molecule has 1 aromatic rings. The minimum atomic E-state index is 0.104. The summed E-state index contributed by atoms with van der Waals surface area (Å²) in [6.45, 7) is 8.55. The molecule has 4 rings (SSSR count). The van der Waals surface area contributed by atoms with Gasteiger partial charge < -0.3 is 14.7 Å². The van der Waals surface area contributed by atoms with E-state index in [2.05, 4.69) is 41.0 Å². The van der Waals surface area contributed by atoms with Crippen molar-refractivity contribution in [3.63, 3.8) is 0 Å². The number of fused-ring (bicyclic) bond motifs is 1. The van der Waals surface area contributed by atoms with Gasteiger partial charge in [-0.05, 0) is 38.3 Å². The summed E-state index contributed by atoms with van der Waals surface area (Å²) in [5.74, 6) is 0.520. The van der Waals surface area contributed by atoms with Crippen molar-refractivity contribution in [2.45, 2.75) is 32.2 Å². The molecule has 3 aliphatic rings. The Morgan fingerprint density at radius 1 is 1.21 bits per heavy atom. The van der Waals surface area contributed by atoms with E-state index >= 15 is 0 Å². The summed E-state index contributed by atoms with van der Waals surface area (Å²) in [5, 5.41) is 9.99. The number of nitrogens with zero attached hydrogens (tertiary/aromatic N) is 2. The first kappa shape index (κ1) is 16.4. The van der Waals surface area contributed by atoms with Crippen molar-refractivity contribution in [2.24, 2.45) is 11.3 Å². The lowest BCUT2D eigenvalue weighted by Gasteiger charge is -2.39. The lowest BCUT2D eigenvalue weighted by molar-refractivity contribution is -0.0419. The summed E-state index contributed by atoms with van der Waals surface area (Å²) >= 11 is 0. The summed E-state index contributed by atoms with van der Waals surface area (Å²) in [6.07, 6.45) is 3.47. The number of anilines is 1. The maximum atomic E-state index is 9.99. The molecule has 0 bridgehead atoms. The molecule has 0 aliphatic carbocycles. The van der Waals surface area contributed by atoms with Crippen molar-refractivity contribution in [1.82, 2.24) is 4.90 Å². The van der Waals surface area contributed by atoms with Gasteiger partial charge in [0, 0.05) is 55.8 Å².